The number of carboxylic acids is 1. The molecule has 0 saturated carbocycles. The quantitative estimate of drug-likeness (QED) is 0.795. The zero-order valence-electron chi connectivity index (χ0n) is 8.80. The predicted octanol–water partition coefficient (Wildman–Crippen LogP) is 1.79. The minimum absolute atomic E-state index is 0.227. The van der Waals surface area contributed by atoms with E-state index in [4.69, 9.17) is 5.11 Å². The molecule has 0 aromatic heterocycles. The molecule has 0 fully saturated rings. The fraction of sp³-hybridized carbons (Fsp3) is 0.273. The summed E-state index contributed by atoms with van der Waals surface area (Å²) in [4.78, 5) is 21.7. The zero-order valence-corrected chi connectivity index (χ0v) is 9.62. The van der Waals surface area contributed by atoms with E-state index in [0.29, 0.717) is 11.3 Å². The lowest BCUT2D eigenvalue weighted by Gasteiger charge is -2.04. The number of rotatable bonds is 5. The largest absolute Gasteiger partial charge is 0.478 e. The summed E-state index contributed by atoms with van der Waals surface area (Å²) < 4.78 is 4.49. The van der Waals surface area contributed by atoms with Crippen LogP contribution in [0.4, 0.5) is 0 Å². The number of methoxy groups -OCH3 is 1. The number of hydrogen-bond acceptors (Lipinski definition) is 4. The van der Waals surface area contributed by atoms with Gasteiger partial charge in [-0.25, -0.2) is 4.79 Å². The number of benzene rings is 1. The van der Waals surface area contributed by atoms with Crippen LogP contribution in [0.3, 0.4) is 0 Å². The molecule has 5 heteroatoms. The average Bonchev–Trinajstić information content (AvgIpc) is 2.29. The van der Waals surface area contributed by atoms with Crippen molar-refractivity contribution < 1.29 is 19.4 Å². The van der Waals surface area contributed by atoms with Crippen LogP contribution in [0.15, 0.2) is 24.3 Å². The normalized spacial score (nSPS) is 9.81. The standard InChI is InChI=1S/C11H12O4S/c1-15-10(12)7-16-6-8-4-2-3-5-9(8)11(13)14/h2-5H,6-7H2,1H3,(H,13,14). The Balaban J connectivity index is 2.60. The molecule has 0 spiro atoms. The number of thioether (sulfide) groups is 1. The van der Waals surface area contributed by atoms with Gasteiger partial charge in [-0.1, -0.05) is 18.2 Å². The van der Waals surface area contributed by atoms with Gasteiger partial charge in [-0.05, 0) is 11.6 Å². The highest BCUT2D eigenvalue weighted by molar-refractivity contribution is 7.99. The lowest BCUT2D eigenvalue weighted by atomic mass is 10.1. The van der Waals surface area contributed by atoms with Gasteiger partial charge >= 0.3 is 11.9 Å². The molecule has 1 aromatic rings. The maximum absolute atomic E-state index is 10.9. The Morgan fingerprint density at radius 2 is 2.06 bits per heavy atom. The predicted molar refractivity (Wildman–Crippen MR) is 61.6 cm³/mol. The Hall–Kier alpha value is -1.49. The van der Waals surface area contributed by atoms with Gasteiger partial charge in [-0.15, -0.1) is 11.8 Å². The molecule has 0 heterocycles. The van der Waals surface area contributed by atoms with Gasteiger partial charge in [0.2, 0.25) is 0 Å². The first-order valence-corrected chi connectivity index (χ1v) is 5.76. The van der Waals surface area contributed by atoms with E-state index in [1.165, 1.54) is 18.9 Å². The summed E-state index contributed by atoms with van der Waals surface area (Å²) in [5, 5.41) is 8.92. The van der Waals surface area contributed by atoms with Crippen molar-refractivity contribution in [3.05, 3.63) is 35.4 Å². The van der Waals surface area contributed by atoms with Crippen LogP contribution >= 0.6 is 11.8 Å². The van der Waals surface area contributed by atoms with Gasteiger partial charge in [0.1, 0.15) is 0 Å². The highest BCUT2D eigenvalue weighted by Gasteiger charge is 2.09. The topological polar surface area (TPSA) is 63.6 Å². The number of hydrogen-bond donors (Lipinski definition) is 1. The molecule has 0 saturated heterocycles. The molecule has 0 bridgehead atoms. The molecule has 0 unspecified atom stereocenters. The Bertz CT molecular complexity index is 389. The van der Waals surface area contributed by atoms with Crippen LogP contribution < -0.4 is 0 Å². The third-order valence-corrected chi connectivity index (χ3v) is 2.91. The van der Waals surface area contributed by atoms with Crippen molar-refractivity contribution in [2.75, 3.05) is 12.9 Å². The van der Waals surface area contributed by atoms with E-state index in [1.54, 1.807) is 24.3 Å². The van der Waals surface area contributed by atoms with Crippen LogP contribution in [-0.4, -0.2) is 29.9 Å². The molecule has 4 nitrogen and oxygen atoms in total. The maximum Gasteiger partial charge on any atom is 0.335 e. The minimum atomic E-state index is -0.950. The molecule has 1 N–H and O–H groups in total. The summed E-state index contributed by atoms with van der Waals surface area (Å²) in [6.07, 6.45) is 0. The smallest absolute Gasteiger partial charge is 0.335 e. The fourth-order valence-corrected chi connectivity index (χ4v) is 2.02. The molecular weight excluding hydrogens is 228 g/mol. The molecule has 1 aromatic carbocycles. The summed E-state index contributed by atoms with van der Waals surface area (Å²) in [5.74, 6) is -0.547. The lowest BCUT2D eigenvalue weighted by Crippen LogP contribution is -2.05. The molecule has 0 aliphatic heterocycles. The van der Waals surface area contributed by atoms with Crippen molar-refractivity contribution in [3.63, 3.8) is 0 Å². The second-order valence-electron chi connectivity index (χ2n) is 3.03. The fourth-order valence-electron chi connectivity index (χ4n) is 1.16. The number of carboxylic acid groups (broad SMARTS) is 1. The number of aromatic carboxylic acids is 1. The van der Waals surface area contributed by atoms with Gasteiger partial charge in [-0.2, -0.15) is 0 Å². The molecule has 0 aliphatic carbocycles. The molecule has 0 atom stereocenters. The molecule has 0 radical (unpaired) electrons. The molecule has 16 heavy (non-hydrogen) atoms. The number of ether oxygens (including phenoxy) is 1. The summed E-state index contributed by atoms with van der Waals surface area (Å²) in [6.45, 7) is 0. The first-order chi connectivity index (χ1) is 7.65. The number of carbonyl (C=O) groups excluding carboxylic acids is 1. The van der Waals surface area contributed by atoms with Crippen LogP contribution in [-0.2, 0) is 15.3 Å². The molecule has 86 valence electrons. The summed E-state index contributed by atoms with van der Waals surface area (Å²) in [5.41, 5.74) is 0.990. The van der Waals surface area contributed by atoms with Gasteiger partial charge in [-0.3, -0.25) is 4.79 Å². The maximum atomic E-state index is 10.9. The van der Waals surface area contributed by atoms with Crippen LogP contribution in [0.1, 0.15) is 15.9 Å². The van der Waals surface area contributed by atoms with E-state index >= 15 is 0 Å². The summed E-state index contributed by atoms with van der Waals surface area (Å²) in [7, 11) is 1.33. The molecular formula is C11H12O4S. The molecule has 1 rings (SSSR count). The SMILES string of the molecule is COC(=O)CSCc1ccccc1C(=O)O. The average molecular weight is 240 g/mol. The Morgan fingerprint density at radius 1 is 1.38 bits per heavy atom. The van der Waals surface area contributed by atoms with Crippen molar-refractivity contribution in [2.45, 2.75) is 5.75 Å². The van der Waals surface area contributed by atoms with Crippen molar-refractivity contribution in [1.82, 2.24) is 0 Å². The summed E-state index contributed by atoms with van der Waals surface area (Å²) >= 11 is 1.33. The first kappa shape index (κ1) is 12.6. The second-order valence-corrected chi connectivity index (χ2v) is 4.02. The third kappa shape index (κ3) is 3.58. The number of carbonyl (C=O) groups is 2. The van der Waals surface area contributed by atoms with Gasteiger partial charge in [0.15, 0.2) is 0 Å². The van der Waals surface area contributed by atoms with Crippen LogP contribution in [0.2, 0.25) is 0 Å². The summed E-state index contributed by atoms with van der Waals surface area (Å²) in [6, 6.07) is 6.75. The second kappa shape index (κ2) is 6.17. The van der Waals surface area contributed by atoms with E-state index in [0.717, 1.165) is 0 Å². The lowest BCUT2D eigenvalue weighted by molar-refractivity contribution is -0.137. The highest BCUT2D eigenvalue weighted by Crippen LogP contribution is 2.16. The van der Waals surface area contributed by atoms with Gasteiger partial charge < -0.3 is 9.84 Å². The van der Waals surface area contributed by atoms with Gasteiger partial charge in [0, 0.05) is 5.75 Å². The van der Waals surface area contributed by atoms with Gasteiger partial charge in [0.05, 0.1) is 18.4 Å². The van der Waals surface area contributed by atoms with Crippen molar-refractivity contribution in [3.8, 4) is 0 Å². The molecule has 0 amide bonds. The third-order valence-electron chi connectivity index (χ3n) is 1.95. The van der Waals surface area contributed by atoms with E-state index in [9.17, 15) is 9.59 Å². The molecule has 0 aliphatic rings. The highest BCUT2D eigenvalue weighted by atomic mass is 32.2. The zero-order chi connectivity index (χ0) is 12.0. The van der Waals surface area contributed by atoms with E-state index in [-0.39, 0.29) is 17.3 Å². The van der Waals surface area contributed by atoms with Crippen molar-refractivity contribution >= 4 is 23.7 Å². The van der Waals surface area contributed by atoms with E-state index < -0.39 is 5.97 Å². The van der Waals surface area contributed by atoms with Crippen LogP contribution in [0.25, 0.3) is 0 Å². The van der Waals surface area contributed by atoms with E-state index in [2.05, 4.69) is 4.74 Å². The van der Waals surface area contributed by atoms with E-state index in [1.807, 2.05) is 0 Å². The first-order valence-electron chi connectivity index (χ1n) is 4.61. The monoisotopic (exact) mass is 240 g/mol. The minimum Gasteiger partial charge on any atom is -0.478 e. The Labute approximate surface area is 97.6 Å². The van der Waals surface area contributed by atoms with Gasteiger partial charge in [0.25, 0.3) is 0 Å². The number of esters is 1. The van der Waals surface area contributed by atoms with Crippen molar-refractivity contribution in [1.29, 1.82) is 0 Å². The van der Waals surface area contributed by atoms with Crippen LogP contribution in [0, 0.1) is 0 Å². The van der Waals surface area contributed by atoms with Crippen LogP contribution in [0.5, 0.6) is 0 Å². The Morgan fingerprint density at radius 3 is 2.69 bits per heavy atom. The van der Waals surface area contributed by atoms with Crippen molar-refractivity contribution in [2.24, 2.45) is 0 Å². The Kier molecular flexibility index (Phi) is 4.85.